The molecule has 0 amide bonds. The molecule has 1 fully saturated rings. The van der Waals surface area contributed by atoms with E-state index in [4.69, 9.17) is 19.9 Å². The summed E-state index contributed by atoms with van der Waals surface area (Å²) in [4.78, 5) is 40.7. The second-order valence-corrected chi connectivity index (χ2v) is 9.08. The van der Waals surface area contributed by atoms with Gasteiger partial charge in [-0.25, -0.2) is 14.6 Å². The number of hydrogen-bond acceptors (Lipinski definition) is 9. The number of nitrogen functional groups attached to an aromatic ring is 1. The molecule has 1 radical (unpaired) electrons. The van der Waals surface area contributed by atoms with Gasteiger partial charge in [-0.3, -0.25) is 4.79 Å². The average Bonchev–Trinajstić information content (AvgIpc) is 3.18. The van der Waals surface area contributed by atoms with Crippen molar-refractivity contribution in [3.8, 4) is 0 Å². The maximum atomic E-state index is 12.8. The van der Waals surface area contributed by atoms with Gasteiger partial charge in [-0.2, -0.15) is 6.20 Å². The van der Waals surface area contributed by atoms with E-state index in [1.165, 1.54) is 22.5 Å². The fourth-order valence-corrected chi connectivity index (χ4v) is 3.65. The molecule has 2 N–H and O–H groups in total. The first kappa shape index (κ1) is 26.5. The fourth-order valence-electron chi connectivity index (χ4n) is 2.66. The topological polar surface area (TPSA) is 123 Å². The molecule has 1 aliphatic heterocycles. The van der Waals surface area contributed by atoms with Crippen molar-refractivity contribution in [2.75, 3.05) is 18.1 Å². The Hall–Kier alpha value is -1.75. The molecule has 0 aliphatic carbocycles. The molecule has 11 heteroatoms. The van der Waals surface area contributed by atoms with E-state index in [-0.39, 0.29) is 45.1 Å². The van der Waals surface area contributed by atoms with Crippen LogP contribution in [-0.4, -0.2) is 39.3 Å². The van der Waals surface area contributed by atoms with E-state index in [9.17, 15) is 14.4 Å². The summed E-state index contributed by atoms with van der Waals surface area (Å²) in [5.41, 5.74) is 4.15. The smallest absolute Gasteiger partial charge is 0.352 e. The van der Waals surface area contributed by atoms with Gasteiger partial charge in [0.15, 0.2) is 0 Å². The third-order valence-corrected chi connectivity index (χ3v) is 5.44. The van der Waals surface area contributed by atoms with Gasteiger partial charge in [0, 0.05) is 44.0 Å². The third-order valence-electron chi connectivity index (χ3n) is 4.35. The molecule has 3 unspecified atom stereocenters. The van der Waals surface area contributed by atoms with Crippen molar-refractivity contribution in [3.63, 3.8) is 0 Å². The first-order chi connectivity index (χ1) is 14.6. The van der Waals surface area contributed by atoms with Gasteiger partial charge in [0.1, 0.15) is 18.3 Å². The molecule has 3 atom stereocenters. The van der Waals surface area contributed by atoms with Crippen LogP contribution in [0.25, 0.3) is 0 Å². The van der Waals surface area contributed by atoms with Gasteiger partial charge >= 0.3 is 17.6 Å². The maximum absolute atomic E-state index is 12.8. The Labute approximate surface area is 215 Å². The van der Waals surface area contributed by atoms with Crippen molar-refractivity contribution < 1.29 is 56.5 Å². The van der Waals surface area contributed by atoms with Crippen molar-refractivity contribution in [1.29, 1.82) is 0 Å². The average molecular weight is 535 g/mol. The molecule has 1 aromatic heterocycles. The summed E-state index contributed by atoms with van der Waals surface area (Å²) < 4.78 is 17.9. The number of rotatable bonds is 6. The molecule has 1 aromatic carbocycles. The van der Waals surface area contributed by atoms with Crippen LogP contribution in [-0.2, 0) is 56.5 Å². The standard InChI is InChI=1S/C21H24N3O6S.Y/c1-21(2,3)19(26)30-17(13-7-5-4-6-8-13)18(25)28-11-16-29-15(12-31-16)24-10-9-14(22)23-20(24)27;/h4-8,10,15-17H,11-12H2,1-3H3,(H2,22,23,27);/q-1;. The first-order valence-corrected chi connectivity index (χ1v) is 10.7. The molecule has 0 bridgehead atoms. The largest absolute Gasteiger partial charge is 0.459 e. The Balaban J connectivity index is 0.00000363. The number of nitrogens with two attached hydrogens (primary N) is 1. The van der Waals surface area contributed by atoms with Crippen molar-refractivity contribution in [2.24, 2.45) is 5.41 Å². The molecule has 2 heterocycles. The van der Waals surface area contributed by atoms with Crippen LogP contribution in [0.3, 0.4) is 0 Å². The van der Waals surface area contributed by atoms with Gasteiger partial charge in [-0.15, -0.1) is 11.8 Å². The van der Waals surface area contributed by atoms with E-state index in [0.717, 1.165) is 0 Å². The molecular formula is C21H24N3O6SY-. The van der Waals surface area contributed by atoms with Gasteiger partial charge in [0.25, 0.3) is 0 Å². The Morgan fingerprint density at radius 3 is 2.66 bits per heavy atom. The summed E-state index contributed by atoms with van der Waals surface area (Å²) in [7, 11) is 0. The molecule has 0 spiro atoms. The second kappa shape index (κ2) is 11.4. The number of hydrogen-bond donors (Lipinski definition) is 1. The van der Waals surface area contributed by atoms with Crippen LogP contribution in [0.2, 0.25) is 0 Å². The predicted molar refractivity (Wildman–Crippen MR) is 114 cm³/mol. The molecule has 32 heavy (non-hydrogen) atoms. The molecule has 9 nitrogen and oxygen atoms in total. The number of ether oxygens (including phenoxy) is 3. The molecule has 0 saturated carbocycles. The summed E-state index contributed by atoms with van der Waals surface area (Å²) in [6, 6.07) is 11.3. The van der Waals surface area contributed by atoms with E-state index in [0.29, 0.717) is 11.3 Å². The number of nitrogens with zero attached hydrogens (tertiary/aromatic N) is 2. The number of carbonyl (C=O) groups is 2. The minimum Gasteiger partial charge on any atom is -0.459 e. The quantitative estimate of drug-likeness (QED) is 0.438. The van der Waals surface area contributed by atoms with E-state index in [1.807, 2.05) is 0 Å². The molecule has 169 valence electrons. The number of esters is 2. The SMILES string of the molecule is CC(C)(C)C(=O)OC(C(=O)OCC1OC(n2c[c-]c(N)nc2=O)CS1)c1ccccc1.[Y]. The minimum atomic E-state index is -1.19. The maximum Gasteiger partial charge on any atom is 0.352 e. The Morgan fingerprint density at radius 2 is 2.03 bits per heavy atom. The summed E-state index contributed by atoms with van der Waals surface area (Å²) in [5, 5.41) is 0. The zero-order chi connectivity index (χ0) is 22.6. The number of thioether (sulfide) groups is 1. The van der Waals surface area contributed by atoms with E-state index in [1.54, 1.807) is 51.1 Å². The molecular weight excluding hydrogens is 511 g/mol. The Kier molecular flexibility index (Phi) is 9.45. The summed E-state index contributed by atoms with van der Waals surface area (Å²) >= 11 is 1.39. The van der Waals surface area contributed by atoms with E-state index >= 15 is 0 Å². The summed E-state index contributed by atoms with van der Waals surface area (Å²) in [6.07, 6.45) is -0.371. The van der Waals surface area contributed by atoms with Crippen LogP contribution >= 0.6 is 11.8 Å². The van der Waals surface area contributed by atoms with Crippen LogP contribution in [0, 0.1) is 11.5 Å². The molecule has 3 rings (SSSR count). The monoisotopic (exact) mass is 535 g/mol. The predicted octanol–water partition coefficient (Wildman–Crippen LogP) is 2.09. The van der Waals surface area contributed by atoms with Crippen molar-refractivity contribution in [2.45, 2.75) is 38.5 Å². The van der Waals surface area contributed by atoms with Crippen molar-refractivity contribution in [1.82, 2.24) is 9.55 Å². The molecule has 1 saturated heterocycles. The van der Waals surface area contributed by atoms with Gasteiger partial charge < -0.3 is 30.6 Å². The molecule has 2 aromatic rings. The number of aromatic nitrogens is 2. The number of benzene rings is 1. The van der Waals surface area contributed by atoms with Crippen LogP contribution in [0.1, 0.15) is 38.7 Å². The molecule has 1 aliphatic rings. The zero-order valence-electron chi connectivity index (χ0n) is 18.0. The normalized spacial score (nSPS) is 19.0. The summed E-state index contributed by atoms with van der Waals surface area (Å²) in [5.74, 6) is -0.746. The second-order valence-electron chi connectivity index (χ2n) is 7.89. The van der Waals surface area contributed by atoms with E-state index < -0.39 is 40.8 Å². The summed E-state index contributed by atoms with van der Waals surface area (Å²) in [6.45, 7) is 5.04. The van der Waals surface area contributed by atoms with Crippen LogP contribution in [0.15, 0.2) is 41.3 Å². The Morgan fingerprint density at radius 1 is 1.34 bits per heavy atom. The van der Waals surface area contributed by atoms with Gasteiger partial charge in [0.2, 0.25) is 6.10 Å². The zero-order valence-corrected chi connectivity index (χ0v) is 21.7. The number of anilines is 1. The van der Waals surface area contributed by atoms with Gasteiger partial charge in [-0.1, -0.05) is 36.1 Å². The van der Waals surface area contributed by atoms with E-state index in [2.05, 4.69) is 11.1 Å². The van der Waals surface area contributed by atoms with Crippen molar-refractivity contribution >= 4 is 29.5 Å². The van der Waals surface area contributed by atoms with Crippen LogP contribution in [0.4, 0.5) is 5.82 Å². The fraction of sp³-hybridized carbons (Fsp3) is 0.429. The van der Waals surface area contributed by atoms with Gasteiger partial charge in [-0.05, 0) is 20.8 Å². The third kappa shape index (κ3) is 6.87. The van der Waals surface area contributed by atoms with Crippen LogP contribution < -0.4 is 11.4 Å². The van der Waals surface area contributed by atoms with Crippen molar-refractivity contribution in [3.05, 3.63) is 58.6 Å². The van der Waals surface area contributed by atoms with Crippen LogP contribution in [0.5, 0.6) is 0 Å². The Bertz CT molecular complexity index is 995. The minimum absolute atomic E-state index is 0. The number of carbonyl (C=O) groups excluding carboxylic acids is 2. The van der Waals surface area contributed by atoms with Gasteiger partial charge in [0.05, 0.1) is 5.41 Å². The first-order valence-electron chi connectivity index (χ1n) is 9.61.